The van der Waals surface area contributed by atoms with E-state index in [1.54, 1.807) is 0 Å². The lowest BCUT2D eigenvalue weighted by Gasteiger charge is -2.23. The van der Waals surface area contributed by atoms with Gasteiger partial charge in [0.1, 0.15) is 11.4 Å². The van der Waals surface area contributed by atoms with E-state index in [9.17, 15) is 4.79 Å². The van der Waals surface area contributed by atoms with Gasteiger partial charge in [0.2, 0.25) is 0 Å². The minimum Gasteiger partial charge on any atom is -0.493 e. The first-order chi connectivity index (χ1) is 13.2. The van der Waals surface area contributed by atoms with Gasteiger partial charge in [0, 0.05) is 31.5 Å². The Hall–Kier alpha value is -2.69. The number of fused-ring (bicyclic) bond motifs is 1. The second-order valence-electron chi connectivity index (χ2n) is 7.89. The standard InChI is InChI=1S/C17H19NO.C6H13NO2/c1-13-5-3-7-15(11-13)18(2)16-9-8-14-6-4-10-19-17(14)12-16;1-6(2,3)9-5(8)7-4/h3,5,7-9,11-12H,4,6,10H2,1-2H3;1-4H3,(H,7,8). The van der Waals surface area contributed by atoms with Gasteiger partial charge in [0.05, 0.1) is 6.61 Å². The van der Waals surface area contributed by atoms with Crippen LogP contribution < -0.4 is 15.0 Å². The van der Waals surface area contributed by atoms with Crippen molar-refractivity contribution in [2.24, 2.45) is 0 Å². The first kappa shape index (κ1) is 21.6. The maximum Gasteiger partial charge on any atom is 0.407 e. The van der Waals surface area contributed by atoms with Gasteiger partial charge in [-0.05, 0) is 69.9 Å². The molecule has 1 amide bonds. The van der Waals surface area contributed by atoms with Crippen LogP contribution in [0.3, 0.4) is 0 Å². The van der Waals surface area contributed by atoms with Gasteiger partial charge < -0.3 is 19.7 Å². The van der Waals surface area contributed by atoms with Crippen molar-refractivity contribution in [1.29, 1.82) is 0 Å². The maximum absolute atomic E-state index is 10.5. The van der Waals surface area contributed by atoms with E-state index < -0.39 is 0 Å². The lowest BCUT2D eigenvalue weighted by Crippen LogP contribution is -2.30. The fraction of sp³-hybridized carbons (Fsp3) is 0.435. The van der Waals surface area contributed by atoms with Crippen LogP contribution in [0.15, 0.2) is 42.5 Å². The average molecular weight is 385 g/mol. The summed E-state index contributed by atoms with van der Waals surface area (Å²) < 4.78 is 10.6. The molecule has 2 aromatic carbocycles. The van der Waals surface area contributed by atoms with E-state index in [0.717, 1.165) is 25.2 Å². The zero-order chi connectivity index (χ0) is 20.7. The Labute approximate surface area is 168 Å². The topological polar surface area (TPSA) is 50.8 Å². The van der Waals surface area contributed by atoms with Gasteiger partial charge in [-0.15, -0.1) is 0 Å². The quantitative estimate of drug-likeness (QED) is 0.770. The van der Waals surface area contributed by atoms with Gasteiger partial charge in [-0.2, -0.15) is 0 Å². The van der Waals surface area contributed by atoms with Crippen molar-refractivity contribution in [2.45, 2.75) is 46.1 Å². The Morgan fingerprint density at radius 1 is 1.14 bits per heavy atom. The number of rotatable bonds is 2. The third-order valence-electron chi connectivity index (χ3n) is 4.28. The van der Waals surface area contributed by atoms with Crippen molar-refractivity contribution in [3.63, 3.8) is 0 Å². The number of carbonyl (C=O) groups excluding carboxylic acids is 1. The molecule has 28 heavy (non-hydrogen) atoms. The van der Waals surface area contributed by atoms with Crippen molar-refractivity contribution in [2.75, 3.05) is 25.6 Å². The number of carbonyl (C=O) groups is 1. The largest absolute Gasteiger partial charge is 0.493 e. The van der Waals surface area contributed by atoms with Crippen LogP contribution in [-0.4, -0.2) is 32.4 Å². The van der Waals surface area contributed by atoms with Crippen LogP contribution in [0.5, 0.6) is 5.75 Å². The van der Waals surface area contributed by atoms with Gasteiger partial charge >= 0.3 is 6.09 Å². The van der Waals surface area contributed by atoms with Gasteiger partial charge in [0.25, 0.3) is 0 Å². The number of hydrogen-bond acceptors (Lipinski definition) is 4. The molecule has 0 saturated carbocycles. The first-order valence-electron chi connectivity index (χ1n) is 9.66. The maximum atomic E-state index is 10.5. The van der Waals surface area contributed by atoms with Crippen molar-refractivity contribution in [1.82, 2.24) is 5.32 Å². The molecule has 3 rings (SSSR count). The van der Waals surface area contributed by atoms with E-state index in [1.807, 2.05) is 20.8 Å². The fourth-order valence-corrected chi connectivity index (χ4v) is 2.85. The van der Waals surface area contributed by atoms with Crippen LogP contribution in [0.25, 0.3) is 0 Å². The summed E-state index contributed by atoms with van der Waals surface area (Å²) in [6.07, 6.45) is 1.87. The molecule has 0 saturated heterocycles. The summed E-state index contributed by atoms with van der Waals surface area (Å²) in [5.74, 6) is 1.04. The van der Waals surface area contributed by atoms with Gasteiger partial charge in [-0.1, -0.05) is 18.2 Å². The molecule has 152 valence electrons. The van der Waals surface area contributed by atoms with E-state index in [2.05, 4.69) is 66.7 Å². The Morgan fingerprint density at radius 2 is 1.86 bits per heavy atom. The highest BCUT2D eigenvalue weighted by atomic mass is 16.6. The van der Waals surface area contributed by atoms with Crippen molar-refractivity contribution >= 4 is 17.5 Å². The minimum atomic E-state index is -0.389. The Kier molecular flexibility index (Phi) is 7.32. The van der Waals surface area contributed by atoms with Crippen molar-refractivity contribution < 1.29 is 14.3 Å². The summed E-state index contributed by atoms with van der Waals surface area (Å²) in [6.45, 7) is 8.42. The van der Waals surface area contributed by atoms with Gasteiger partial charge in [-0.3, -0.25) is 0 Å². The van der Waals surface area contributed by atoms with Crippen LogP contribution in [0.1, 0.15) is 38.3 Å². The van der Waals surface area contributed by atoms with Crippen LogP contribution >= 0.6 is 0 Å². The number of benzene rings is 2. The van der Waals surface area contributed by atoms with E-state index in [0.29, 0.717) is 0 Å². The number of ether oxygens (including phenoxy) is 2. The third kappa shape index (κ3) is 6.48. The summed E-state index contributed by atoms with van der Waals surface area (Å²) >= 11 is 0. The van der Waals surface area contributed by atoms with Crippen molar-refractivity contribution in [3.05, 3.63) is 53.6 Å². The molecule has 0 radical (unpaired) electrons. The minimum absolute atomic E-state index is 0.387. The van der Waals surface area contributed by atoms with Gasteiger partial charge in [-0.25, -0.2) is 4.79 Å². The highest BCUT2D eigenvalue weighted by molar-refractivity contribution is 5.67. The van der Waals surface area contributed by atoms with E-state index in [4.69, 9.17) is 9.47 Å². The van der Waals surface area contributed by atoms with Crippen LogP contribution in [0, 0.1) is 6.92 Å². The van der Waals surface area contributed by atoms with Crippen LogP contribution in [0.2, 0.25) is 0 Å². The van der Waals surface area contributed by atoms with E-state index in [1.165, 1.54) is 29.5 Å². The molecule has 0 spiro atoms. The highest BCUT2D eigenvalue weighted by Crippen LogP contribution is 2.32. The number of nitrogens with zero attached hydrogens (tertiary/aromatic N) is 1. The SMILES string of the molecule is CNC(=O)OC(C)(C)C.Cc1cccc(N(C)c2ccc3c(c2)OCCC3)c1. The number of hydrogen-bond donors (Lipinski definition) is 1. The summed E-state index contributed by atoms with van der Waals surface area (Å²) in [6, 6.07) is 15.1. The lowest BCUT2D eigenvalue weighted by molar-refractivity contribution is 0.0541. The normalized spacial score (nSPS) is 12.6. The third-order valence-corrected chi connectivity index (χ3v) is 4.28. The summed E-state index contributed by atoms with van der Waals surface area (Å²) in [5, 5.41) is 2.36. The number of amides is 1. The first-order valence-corrected chi connectivity index (χ1v) is 9.66. The molecule has 5 heteroatoms. The molecule has 0 aliphatic carbocycles. The second-order valence-corrected chi connectivity index (χ2v) is 7.89. The van der Waals surface area contributed by atoms with Gasteiger partial charge in [0.15, 0.2) is 0 Å². The van der Waals surface area contributed by atoms with E-state index >= 15 is 0 Å². The lowest BCUT2D eigenvalue weighted by atomic mass is 10.1. The predicted molar refractivity (Wildman–Crippen MR) is 115 cm³/mol. The summed E-state index contributed by atoms with van der Waals surface area (Å²) in [5.41, 5.74) is 4.59. The summed E-state index contributed by atoms with van der Waals surface area (Å²) in [4.78, 5) is 12.7. The molecule has 0 bridgehead atoms. The monoisotopic (exact) mass is 384 g/mol. The Balaban J connectivity index is 0.000000266. The average Bonchev–Trinajstić information content (AvgIpc) is 2.66. The number of anilines is 2. The molecule has 2 aromatic rings. The predicted octanol–water partition coefficient (Wildman–Crippen LogP) is 5.23. The number of alkyl carbamates (subject to hydrolysis) is 1. The van der Waals surface area contributed by atoms with E-state index in [-0.39, 0.29) is 11.7 Å². The molecule has 1 aliphatic heterocycles. The van der Waals surface area contributed by atoms with Crippen LogP contribution in [-0.2, 0) is 11.2 Å². The molecule has 0 aromatic heterocycles. The Bertz CT molecular complexity index is 797. The van der Waals surface area contributed by atoms with Crippen molar-refractivity contribution in [3.8, 4) is 5.75 Å². The smallest absolute Gasteiger partial charge is 0.407 e. The fourth-order valence-electron chi connectivity index (χ4n) is 2.85. The number of aryl methyl sites for hydroxylation is 2. The highest BCUT2D eigenvalue weighted by Gasteiger charge is 2.14. The zero-order valence-corrected chi connectivity index (χ0v) is 17.8. The van der Waals surface area contributed by atoms with Crippen LogP contribution in [0.4, 0.5) is 16.2 Å². The molecule has 0 fully saturated rings. The number of nitrogens with one attached hydrogen (secondary N) is 1. The molecule has 1 N–H and O–H groups in total. The zero-order valence-electron chi connectivity index (χ0n) is 17.8. The Morgan fingerprint density at radius 3 is 2.46 bits per heavy atom. The molecule has 1 heterocycles. The molecule has 0 unspecified atom stereocenters. The summed E-state index contributed by atoms with van der Waals surface area (Å²) in [7, 11) is 3.63. The molecule has 1 aliphatic rings. The molecule has 0 atom stereocenters. The molecular weight excluding hydrogens is 352 g/mol. The second kappa shape index (κ2) is 9.49. The molecule has 5 nitrogen and oxygen atoms in total. The molecular formula is C23H32N2O3.